The fourth-order valence-corrected chi connectivity index (χ4v) is 2.96. The zero-order chi connectivity index (χ0) is 16.1. The first-order chi connectivity index (χ1) is 10.6. The molecule has 1 amide bonds. The monoisotopic (exact) mass is 319 g/mol. The van der Waals surface area contributed by atoms with Crippen LogP contribution >= 0.6 is 11.8 Å². The number of nitrogens with one attached hydrogen (secondary N) is 1. The van der Waals surface area contributed by atoms with E-state index in [4.69, 9.17) is 5.73 Å². The summed E-state index contributed by atoms with van der Waals surface area (Å²) in [5.74, 6) is 0.994. The van der Waals surface area contributed by atoms with Gasteiger partial charge in [-0.2, -0.15) is 0 Å². The highest BCUT2D eigenvalue weighted by Crippen LogP contribution is 2.26. The summed E-state index contributed by atoms with van der Waals surface area (Å²) in [4.78, 5) is 12.6. The SMILES string of the molecule is CCSc1nnc(N)n1C(CC)C(=O)Nc1cccc(C)c1. The molecule has 0 aliphatic carbocycles. The van der Waals surface area contributed by atoms with E-state index < -0.39 is 6.04 Å². The largest absolute Gasteiger partial charge is 0.368 e. The van der Waals surface area contributed by atoms with Crippen molar-refractivity contribution >= 4 is 29.3 Å². The number of carbonyl (C=O) groups excluding carboxylic acids is 1. The molecule has 118 valence electrons. The van der Waals surface area contributed by atoms with E-state index in [9.17, 15) is 4.79 Å². The number of aromatic nitrogens is 3. The van der Waals surface area contributed by atoms with Gasteiger partial charge in [-0.3, -0.25) is 9.36 Å². The average Bonchev–Trinajstić information content (AvgIpc) is 2.82. The Morgan fingerprint density at radius 2 is 2.18 bits per heavy atom. The fraction of sp³-hybridized carbons (Fsp3) is 0.400. The Morgan fingerprint density at radius 1 is 1.41 bits per heavy atom. The van der Waals surface area contributed by atoms with E-state index in [2.05, 4.69) is 15.5 Å². The van der Waals surface area contributed by atoms with Crippen molar-refractivity contribution < 1.29 is 4.79 Å². The normalized spacial score (nSPS) is 12.1. The van der Waals surface area contributed by atoms with Gasteiger partial charge in [0.05, 0.1) is 0 Å². The number of rotatable bonds is 6. The van der Waals surface area contributed by atoms with Gasteiger partial charge in [-0.15, -0.1) is 10.2 Å². The molecule has 2 rings (SSSR count). The van der Waals surface area contributed by atoms with E-state index in [-0.39, 0.29) is 11.9 Å². The number of anilines is 2. The second-order valence-corrected chi connectivity index (χ2v) is 6.16. The van der Waals surface area contributed by atoms with Crippen LogP contribution in [0.1, 0.15) is 31.9 Å². The summed E-state index contributed by atoms with van der Waals surface area (Å²) in [5.41, 5.74) is 7.77. The predicted molar refractivity (Wildman–Crippen MR) is 90.0 cm³/mol. The number of nitrogen functional groups attached to an aromatic ring is 1. The van der Waals surface area contributed by atoms with Crippen LogP contribution in [0, 0.1) is 6.92 Å². The van der Waals surface area contributed by atoms with Gasteiger partial charge in [0.25, 0.3) is 0 Å². The van der Waals surface area contributed by atoms with E-state index in [0.717, 1.165) is 17.0 Å². The third kappa shape index (κ3) is 3.59. The van der Waals surface area contributed by atoms with Crippen LogP contribution < -0.4 is 11.1 Å². The zero-order valence-corrected chi connectivity index (χ0v) is 13.9. The molecule has 0 saturated heterocycles. The first kappa shape index (κ1) is 16.4. The van der Waals surface area contributed by atoms with Gasteiger partial charge in [-0.1, -0.05) is 37.7 Å². The molecule has 0 radical (unpaired) electrons. The van der Waals surface area contributed by atoms with Crippen molar-refractivity contribution in [3.8, 4) is 0 Å². The highest BCUT2D eigenvalue weighted by atomic mass is 32.2. The summed E-state index contributed by atoms with van der Waals surface area (Å²) in [6.45, 7) is 5.95. The van der Waals surface area contributed by atoms with Crippen molar-refractivity contribution in [1.82, 2.24) is 14.8 Å². The summed E-state index contributed by atoms with van der Waals surface area (Å²) in [6.07, 6.45) is 0.608. The molecule has 0 aliphatic rings. The van der Waals surface area contributed by atoms with Crippen LogP contribution in [0.5, 0.6) is 0 Å². The van der Waals surface area contributed by atoms with Gasteiger partial charge in [0, 0.05) is 5.69 Å². The van der Waals surface area contributed by atoms with Gasteiger partial charge in [0.15, 0.2) is 5.16 Å². The van der Waals surface area contributed by atoms with Gasteiger partial charge < -0.3 is 11.1 Å². The van der Waals surface area contributed by atoms with Crippen LogP contribution in [0.2, 0.25) is 0 Å². The van der Waals surface area contributed by atoms with Crippen LogP contribution in [0.3, 0.4) is 0 Å². The number of nitrogens with zero attached hydrogens (tertiary/aromatic N) is 3. The maximum atomic E-state index is 12.6. The van der Waals surface area contributed by atoms with E-state index in [1.54, 1.807) is 4.57 Å². The number of benzene rings is 1. The lowest BCUT2D eigenvalue weighted by molar-refractivity contribution is -0.119. The lowest BCUT2D eigenvalue weighted by atomic mass is 10.2. The Bertz CT molecular complexity index is 655. The molecule has 1 unspecified atom stereocenters. The second-order valence-electron chi connectivity index (χ2n) is 4.93. The van der Waals surface area contributed by atoms with Gasteiger partial charge in [0.2, 0.25) is 11.9 Å². The van der Waals surface area contributed by atoms with Crippen molar-refractivity contribution in [3.63, 3.8) is 0 Å². The molecule has 1 atom stereocenters. The second kappa shape index (κ2) is 7.31. The molecule has 6 nitrogen and oxygen atoms in total. The number of hydrogen-bond donors (Lipinski definition) is 2. The lowest BCUT2D eigenvalue weighted by Crippen LogP contribution is -2.27. The molecule has 1 aromatic heterocycles. The van der Waals surface area contributed by atoms with E-state index in [0.29, 0.717) is 11.6 Å². The molecule has 0 fully saturated rings. The minimum absolute atomic E-state index is 0.113. The molecule has 1 aromatic carbocycles. The molecule has 0 aliphatic heterocycles. The Hall–Kier alpha value is -2.02. The third-order valence-corrected chi connectivity index (χ3v) is 4.08. The van der Waals surface area contributed by atoms with Crippen LogP contribution in [0.25, 0.3) is 0 Å². The summed E-state index contributed by atoms with van der Waals surface area (Å²) >= 11 is 1.52. The van der Waals surface area contributed by atoms with Gasteiger partial charge in [0.1, 0.15) is 6.04 Å². The Balaban J connectivity index is 2.24. The van der Waals surface area contributed by atoms with Crippen molar-refractivity contribution in [2.45, 2.75) is 38.4 Å². The predicted octanol–water partition coefficient (Wildman–Crippen LogP) is 2.87. The van der Waals surface area contributed by atoms with Gasteiger partial charge in [-0.05, 0) is 36.8 Å². The van der Waals surface area contributed by atoms with Crippen LogP contribution in [0.4, 0.5) is 11.6 Å². The first-order valence-electron chi connectivity index (χ1n) is 7.27. The molecular formula is C15H21N5OS. The van der Waals surface area contributed by atoms with Crippen molar-refractivity contribution in [2.75, 3.05) is 16.8 Å². The highest BCUT2D eigenvalue weighted by molar-refractivity contribution is 7.99. The fourth-order valence-electron chi connectivity index (χ4n) is 2.24. The van der Waals surface area contributed by atoms with Crippen LogP contribution in [-0.4, -0.2) is 26.4 Å². The summed E-state index contributed by atoms with van der Waals surface area (Å²) in [7, 11) is 0. The van der Waals surface area contributed by atoms with Crippen molar-refractivity contribution in [3.05, 3.63) is 29.8 Å². The van der Waals surface area contributed by atoms with Crippen LogP contribution in [0.15, 0.2) is 29.4 Å². The topological polar surface area (TPSA) is 85.8 Å². The molecule has 1 heterocycles. The average molecular weight is 319 g/mol. The smallest absolute Gasteiger partial charge is 0.247 e. The number of aryl methyl sites for hydroxylation is 1. The van der Waals surface area contributed by atoms with Crippen LogP contribution in [-0.2, 0) is 4.79 Å². The Labute approximate surface area is 134 Å². The molecule has 0 saturated carbocycles. The number of thioether (sulfide) groups is 1. The molecule has 7 heteroatoms. The Morgan fingerprint density at radius 3 is 2.82 bits per heavy atom. The standard InChI is InChI=1S/C15H21N5OS/c1-4-12(20-14(16)18-19-15(20)22-5-2)13(21)17-11-8-6-7-10(3)9-11/h6-9,12H,4-5H2,1-3H3,(H2,16,18)(H,17,21). The molecule has 2 aromatic rings. The number of hydrogen-bond acceptors (Lipinski definition) is 5. The first-order valence-corrected chi connectivity index (χ1v) is 8.26. The zero-order valence-electron chi connectivity index (χ0n) is 13.0. The maximum absolute atomic E-state index is 12.6. The molecular weight excluding hydrogens is 298 g/mol. The minimum Gasteiger partial charge on any atom is -0.368 e. The summed E-state index contributed by atoms with van der Waals surface area (Å²) < 4.78 is 1.71. The summed E-state index contributed by atoms with van der Waals surface area (Å²) in [6, 6.07) is 7.28. The third-order valence-electron chi connectivity index (χ3n) is 3.25. The van der Waals surface area contributed by atoms with E-state index in [1.807, 2.05) is 45.0 Å². The van der Waals surface area contributed by atoms with E-state index in [1.165, 1.54) is 11.8 Å². The van der Waals surface area contributed by atoms with Gasteiger partial charge >= 0.3 is 0 Å². The molecule has 0 bridgehead atoms. The number of amides is 1. The van der Waals surface area contributed by atoms with Crippen molar-refractivity contribution in [2.24, 2.45) is 0 Å². The quantitative estimate of drug-likeness (QED) is 0.800. The molecule has 0 spiro atoms. The molecule has 3 N–H and O–H groups in total. The number of carbonyl (C=O) groups is 1. The van der Waals surface area contributed by atoms with Gasteiger partial charge in [-0.25, -0.2) is 0 Å². The number of nitrogens with two attached hydrogens (primary N) is 1. The summed E-state index contributed by atoms with van der Waals surface area (Å²) in [5, 5.41) is 11.6. The van der Waals surface area contributed by atoms with Crippen molar-refractivity contribution in [1.29, 1.82) is 0 Å². The minimum atomic E-state index is -0.426. The maximum Gasteiger partial charge on any atom is 0.247 e. The van der Waals surface area contributed by atoms with E-state index >= 15 is 0 Å². The molecule has 22 heavy (non-hydrogen) atoms. The highest BCUT2D eigenvalue weighted by Gasteiger charge is 2.24. The Kier molecular flexibility index (Phi) is 5.43. The lowest BCUT2D eigenvalue weighted by Gasteiger charge is -2.19.